The number of aromatic nitrogens is 2. The first-order valence-electron chi connectivity index (χ1n) is 10.6. The summed E-state index contributed by atoms with van der Waals surface area (Å²) in [6, 6.07) is 21.7. The lowest BCUT2D eigenvalue weighted by atomic mass is 10.1. The largest absolute Gasteiger partial charge is 0.460 e. The Hall–Kier alpha value is -3.55. The summed E-state index contributed by atoms with van der Waals surface area (Å²) in [5.41, 5.74) is 2.37. The third-order valence-corrected chi connectivity index (χ3v) is 6.55. The van der Waals surface area contributed by atoms with Crippen LogP contribution in [0.4, 0.5) is 0 Å². The Balaban J connectivity index is 1.63. The summed E-state index contributed by atoms with van der Waals surface area (Å²) in [4.78, 5) is 30.8. The van der Waals surface area contributed by atoms with E-state index in [1.54, 1.807) is 41.8 Å². The number of halogens is 1. The van der Waals surface area contributed by atoms with Gasteiger partial charge in [0.25, 0.3) is 5.56 Å². The van der Waals surface area contributed by atoms with Crippen LogP contribution in [0.25, 0.3) is 27.6 Å². The van der Waals surface area contributed by atoms with E-state index in [-0.39, 0.29) is 17.9 Å². The highest BCUT2D eigenvalue weighted by Gasteiger charge is 2.23. The van der Waals surface area contributed by atoms with Crippen LogP contribution in [0.2, 0.25) is 5.02 Å². The van der Waals surface area contributed by atoms with Crippen LogP contribution in [0.5, 0.6) is 0 Å². The highest BCUT2D eigenvalue weighted by molar-refractivity contribution is 7.98. The third-order valence-electron chi connectivity index (χ3n) is 5.33. The van der Waals surface area contributed by atoms with Crippen molar-refractivity contribution >= 4 is 51.2 Å². The van der Waals surface area contributed by atoms with Crippen molar-refractivity contribution in [3.05, 3.63) is 99.5 Å². The zero-order chi connectivity index (χ0) is 23.7. The van der Waals surface area contributed by atoms with E-state index in [9.17, 15) is 9.59 Å². The van der Waals surface area contributed by atoms with Gasteiger partial charge in [0.15, 0.2) is 5.16 Å². The molecule has 34 heavy (non-hydrogen) atoms. The number of rotatable bonds is 6. The summed E-state index contributed by atoms with van der Waals surface area (Å²) in [6.07, 6.45) is 0. The summed E-state index contributed by atoms with van der Waals surface area (Å²) in [7, 11) is 0. The molecule has 8 heteroatoms. The fourth-order valence-corrected chi connectivity index (χ4v) is 4.93. The van der Waals surface area contributed by atoms with E-state index < -0.39 is 5.97 Å². The minimum absolute atomic E-state index is 0.164. The van der Waals surface area contributed by atoms with Crippen molar-refractivity contribution in [2.45, 2.75) is 17.8 Å². The maximum Gasteiger partial charge on any atom is 0.374 e. The molecule has 0 aliphatic rings. The predicted octanol–water partition coefficient (Wildman–Crippen LogP) is 6.25. The van der Waals surface area contributed by atoms with Gasteiger partial charge in [-0.3, -0.25) is 9.36 Å². The molecule has 0 bridgehead atoms. The van der Waals surface area contributed by atoms with Gasteiger partial charge >= 0.3 is 5.97 Å². The normalized spacial score (nSPS) is 11.2. The zero-order valence-electron chi connectivity index (χ0n) is 18.2. The van der Waals surface area contributed by atoms with E-state index in [1.165, 1.54) is 11.8 Å². The topological polar surface area (TPSA) is 74.3 Å². The van der Waals surface area contributed by atoms with E-state index in [4.69, 9.17) is 25.7 Å². The van der Waals surface area contributed by atoms with Crippen LogP contribution in [0, 0.1) is 0 Å². The van der Waals surface area contributed by atoms with Gasteiger partial charge in [-0.2, -0.15) is 0 Å². The van der Waals surface area contributed by atoms with Crippen molar-refractivity contribution in [2.75, 3.05) is 6.61 Å². The smallest absolute Gasteiger partial charge is 0.374 e. The molecule has 0 saturated carbocycles. The van der Waals surface area contributed by atoms with Crippen LogP contribution in [0.1, 0.15) is 23.0 Å². The quantitative estimate of drug-likeness (QED) is 0.159. The van der Waals surface area contributed by atoms with Gasteiger partial charge in [0.2, 0.25) is 5.76 Å². The first-order valence-corrected chi connectivity index (χ1v) is 12.0. The van der Waals surface area contributed by atoms with Crippen LogP contribution < -0.4 is 5.56 Å². The van der Waals surface area contributed by atoms with E-state index in [0.29, 0.717) is 43.7 Å². The summed E-state index contributed by atoms with van der Waals surface area (Å²) in [6.45, 7) is 1.99. The molecule has 0 unspecified atom stereocenters. The van der Waals surface area contributed by atoms with E-state index in [2.05, 4.69) is 0 Å². The van der Waals surface area contributed by atoms with Crippen LogP contribution in [-0.2, 0) is 10.5 Å². The number of carbonyl (C=O) groups excluding carboxylic acids is 1. The Labute approximate surface area is 204 Å². The molecule has 0 aliphatic heterocycles. The predicted molar refractivity (Wildman–Crippen MR) is 134 cm³/mol. The molecule has 0 radical (unpaired) electrons. The van der Waals surface area contributed by atoms with Crippen molar-refractivity contribution in [1.82, 2.24) is 9.55 Å². The van der Waals surface area contributed by atoms with Crippen molar-refractivity contribution in [2.24, 2.45) is 0 Å². The Morgan fingerprint density at radius 1 is 1.03 bits per heavy atom. The Morgan fingerprint density at radius 2 is 1.74 bits per heavy atom. The van der Waals surface area contributed by atoms with Crippen molar-refractivity contribution < 1.29 is 13.9 Å². The summed E-state index contributed by atoms with van der Waals surface area (Å²) in [5, 5.41) is 2.40. The molecule has 6 nitrogen and oxygen atoms in total. The van der Waals surface area contributed by atoms with Gasteiger partial charge in [-0.1, -0.05) is 53.7 Å². The molecule has 0 aliphatic carbocycles. The van der Waals surface area contributed by atoms with Crippen molar-refractivity contribution in [3.8, 4) is 5.69 Å². The lowest BCUT2D eigenvalue weighted by molar-refractivity contribution is 0.0491. The number of hydrogen-bond donors (Lipinski definition) is 0. The van der Waals surface area contributed by atoms with Gasteiger partial charge in [-0.05, 0) is 49.4 Å². The summed E-state index contributed by atoms with van der Waals surface area (Å²) >= 11 is 7.42. The van der Waals surface area contributed by atoms with Crippen LogP contribution >= 0.6 is 23.4 Å². The molecular formula is C26H19ClN2O4S. The monoisotopic (exact) mass is 490 g/mol. The van der Waals surface area contributed by atoms with Crippen molar-refractivity contribution in [3.63, 3.8) is 0 Å². The number of para-hydroxylation sites is 2. The second-order valence-corrected chi connectivity index (χ2v) is 8.82. The van der Waals surface area contributed by atoms with E-state index >= 15 is 0 Å². The van der Waals surface area contributed by atoms with Gasteiger partial charge in [-0.25, -0.2) is 9.78 Å². The number of nitrogens with zero attached hydrogens (tertiary/aromatic N) is 2. The number of hydrogen-bond acceptors (Lipinski definition) is 6. The molecule has 0 atom stereocenters. The van der Waals surface area contributed by atoms with Gasteiger partial charge in [-0.15, -0.1) is 0 Å². The molecule has 3 aromatic carbocycles. The van der Waals surface area contributed by atoms with Crippen LogP contribution in [0.15, 0.2) is 87.2 Å². The van der Waals surface area contributed by atoms with Crippen LogP contribution in [0.3, 0.4) is 0 Å². The SMILES string of the molecule is CCOC(=O)c1oc2ccccc2c1CSc1nc2ccccc2c(=O)n1-c1ccc(Cl)cc1. The number of thioether (sulfide) groups is 1. The lowest BCUT2D eigenvalue weighted by Gasteiger charge is -2.13. The minimum atomic E-state index is -0.518. The Kier molecular flexibility index (Phi) is 6.13. The molecule has 2 aromatic heterocycles. The average molecular weight is 491 g/mol. The number of ether oxygens (including phenoxy) is 1. The van der Waals surface area contributed by atoms with E-state index in [1.807, 2.05) is 42.5 Å². The first-order chi connectivity index (χ1) is 16.6. The summed E-state index contributed by atoms with van der Waals surface area (Å²) < 4.78 is 12.6. The van der Waals surface area contributed by atoms with Gasteiger partial charge in [0, 0.05) is 21.7 Å². The first kappa shape index (κ1) is 22.3. The highest BCUT2D eigenvalue weighted by Crippen LogP contribution is 2.33. The second kappa shape index (κ2) is 9.37. The molecule has 0 amide bonds. The fraction of sp³-hybridized carbons (Fsp3) is 0.115. The fourth-order valence-electron chi connectivity index (χ4n) is 3.77. The molecule has 2 heterocycles. The minimum Gasteiger partial charge on any atom is -0.460 e. The molecule has 170 valence electrons. The molecule has 0 saturated heterocycles. The highest BCUT2D eigenvalue weighted by atomic mass is 35.5. The van der Waals surface area contributed by atoms with E-state index in [0.717, 1.165) is 5.39 Å². The van der Waals surface area contributed by atoms with Crippen molar-refractivity contribution in [1.29, 1.82) is 0 Å². The van der Waals surface area contributed by atoms with Gasteiger partial charge in [0.05, 0.1) is 23.2 Å². The Bertz CT molecular complexity index is 1570. The molecule has 5 aromatic rings. The maximum absolute atomic E-state index is 13.5. The number of furan rings is 1. The second-order valence-electron chi connectivity index (χ2n) is 7.44. The molecule has 0 N–H and O–H groups in total. The average Bonchev–Trinajstić information content (AvgIpc) is 3.23. The summed E-state index contributed by atoms with van der Waals surface area (Å²) in [5.74, 6) is -0.00336. The Morgan fingerprint density at radius 3 is 2.50 bits per heavy atom. The van der Waals surface area contributed by atoms with Gasteiger partial charge in [0.1, 0.15) is 5.58 Å². The number of fused-ring (bicyclic) bond motifs is 2. The molecule has 0 fully saturated rings. The standard InChI is InChI=1S/C26H19ClN2O4S/c1-2-32-25(31)23-20(18-7-4-6-10-22(18)33-23)15-34-26-28-21-9-5-3-8-19(21)24(30)29(26)17-13-11-16(27)12-14-17/h3-14H,2,15H2,1H3. The third kappa shape index (κ3) is 4.08. The zero-order valence-corrected chi connectivity index (χ0v) is 19.7. The molecule has 0 spiro atoms. The maximum atomic E-state index is 13.5. The van der Waals surface area contributed by atoms with Gasteiger partial charge < -0.3 is 9.15 Å². The lowest BCUT2D eigenvalue weighted by Crippen LogP contribution is -2.21. The van der Waals surface area contributed by atoms with Crippen LogP contribution in [-0.4, -0.2) is 22.1 Å². The molecular weight excluding hydrogens is 472 g/mol. The number of benzene rings is 3. The number of esters is 1. The molecule has 5 rings (SSSR count). The number of carbonyl (C=O) groups is 1.